The summed E-state index contributed by atoms with van der Waals surface area (Å²) in [6.07, 6.45) is -4.59. The third-order valence-electron chi connectivity index (χ3n) is 8.41. The minimum absolute atomic E-state index is 0.0253. The highest BCUT2D eigenvalue weighted by Crippen LogP contribution is 2.46. The van der Waals surface area contributed by atoms with Crippen LogP contribution in [0.2, 0.25) is 10.0 Å². The van der Waals surface area contributed by atoms with Crippen molar-refractivity contribution in [1.29, 1.82) is 0 Å². The monoisotopic (exact) mass is 725 g/mol. The summed E-state index contributed by atoms with van der Waals surface area (Å²) in [6, 6.07) is 25.5. The van der Waals surface area contributed by atoms with E-state index >= 15 is 0 Å². The van der Waals surface area contributed by atoms with Gasteiger partial charge in [0, 0.05) is 41.9 Å². The van der Waals surface area contributed by atoms with Crippen LogP contribution in [0.25, 0.3) is 0 Å². The van der Waals surface area contributed by atoms with Crippen LogP contribution in [0, 0.1) is 0 Å². The summed E-state index contributed by atoms with van der Waals surface area (Å²) >= 11 is 18.2. The molecule has 1 N–H and O–H groups in total. The zero-order valence-corrected chi connectivity index (χ0v) is 28.7. The van der Waals surface area contributed by atoms with Gasteiger partial charge in [0.15, 0.2) is 5.11 Å². The molecule has 0 spiro atoms. The van der Waals surface area contributed by atoms with Crippen molar-refractivity contribution in [3.63, 3.8) is 0 Å². The Labute approximate surface area is 297 Å². The minimum Gasteiger partial charge on any atom is -0.493 e. The molecule has 4 aromatic carbocycles. The van der Waals surface area contributed by atoms with Gasteiger partial charge in [0.05, 0.1) is 23.8 Å². The van der Waals surface area contributed by atoms with Gasteiger partial charge >= 0.3 is 12.2 Å². The molecule has 0 aliphatic carbocycles. The van der Waals surface area contributed by atoms with Crippen molar-refractivity contribution < 1.29 is 22.7 Å². The molecule has 0 bridgehead atoms. The number of amides is 2. The van der Waals surface area contributed by atoms with Crippen LogP contribution in [0.4, 0.5) is 23.7 Å². The maximum atomic E-state index is 14.8. The van der Waals surface area contributed by atoms with Gasteiger partial charge in [0.2, 0.25) is 0 Å². The van der Waals surface area contributed by atoms with E-state index in [0.29, 0.717) is 41.3 Å². The lowest BCUT2D eigenvalue weighted by molar-refractivity contribution is -0.137. The summed E-state index contributed by atoms with van der Waals surface area (Å²) in [6.45, 7) is 3.44. The number of para-hydroxylation sites is 1. The van der Waals surface area contributed by atoms with E-state index in [0.717, 1.165) is 28.9 Å². The average Bonchev–Trinajstić information content (AvgIpc) is 3.49. The zero-order valence-electron chi connectivity index (χ0n) is 26.3. The summed E-state index contributed by atoms with van der Waals surface area (Å²) in [5.74, 6) is 0.174. The number of piperazine rings is 1. The predicted molar refractivity (Wildman–Crippen MR) is 191 cm³/mol. The van der Waals surface area contributed by atoms with Gasteiger partial charge in [-0.2, -0.15) is 13.2 Å². The molecular weight excluding hydrogens is 694 g/mol. The third-order valence-corrected chi connectivity index (χ3v) is 9.27. The molecule has 2 aliphatic heterocycles. The molecule has 2 unspecified atom stereocenters. The Morgan fingerprint density at radius 2 is 1.47 bits per heavy atom. The lowest BCUT2D eigenvalue weighted by Crippen LogP contribution is -2.55. The van der Waals surface area contributed by atoms with E-state index in [1.807, 2.05) is 59.5 Å². The zero-order chi connectivity index (χ0) is 34.7. The maximum Gasteiger partial charge on any atom is 0.416 e. The Kier molecular flexibility index (Phi) is 10.3. The number of amidine groups is 1. The lowest BCUT2D eigenvalue weighted by atomic mass is 9.93. The molecule has 2 atom stereocenters. The Hall–Kier alpha value is -4.32. The summed E-state index contributed by atoms with van der Waals surface area (Å²) in [5, 5.41) is 4.84. The smallest absolute Gasteiger partial charge is 0.416 e. The molecule has 49 heavy (non-hydrogen) atoms. The van der Waals surface area contributed by atoms with Crippen LogP contribution >= 0.6 is 35.4 Å². The van der Waals surface area contributed by atoms with Crippen LogP contribution in [0.15, 0.2) is 102 Å². The number of anilines is 1. The molecule has 6 rings (SSSR count). The van der Waals surface area contributed by atoms with Crippen molar-refractivity contribution in [2.75, 3.05) is 38.1 Å². The number of carbonyl (C=O) groups excluding carboxylic acids is 1. The topological polar surface area (TPSA) is 60.4 Å². The van der Waals surface area contributed by atoms with Crippen LogP contribution in [-0.4, -0.2) is 64.5 Å². The first kappa shape index (κ1) is 34.5. The van der Waals surface area contributed by atoms with Crippen molar-refractivity contribution in [3.8, 4) is 5.75 Å². The number of nitrogens with one attached hydrogen (secondary N) is 1. The first-order valence-electron chi connectivity index (χ1n) is 15.7. The summed E-state index contributed by atoms with van der Waals surface area (Å²) in [5.41, 5.74) is 1.78. The van der Waals surface area contributed by atoms with Crippen LogP contribution in [0.1, 0.15) is 41.3 Å². The fourth-order valence-electron chi connectivity index (χ4n) is 5.99. The number of thiocarbonyl (C=S) groups is 1. The fraction of sp³-hybridized carbons (Fsp3) is 0.250. The standard InChI is InChI=1S/C36H32Cl2F3N5O2S/c1-2-48-30-22-25(36(39,40)41)12-17-29(30)33-43-31(23-8-13-26(37)14-9-23)32(24-10-15-27(38)16-11-24)46(33)35(47)45-20-18-44(19-21-45)34(49)42-28-6-4-3-5-7-28/h3-17,22,31-32H,2,18-21H2,1H3,(H,42,49). The number of nitrogens with zero attached hydrogens (tertiary/aromatic N) is 4. The number of halogens is 5. The molecule has 0 aromatic heterocycles. The SMILES string of the molecule is CCOc1cc(C(F)(F)F)ccc1C1=NC(c2ccc(Cl)cc2)C(c2ccc(Cl)cc2)N1C(=O)N1CCN(C(=S)Nc2ccccc2)CC1. The number of benzene rings is 4. The van der Waals surface area contributed by atoms with E-state index in [-0.39, 0.29) is 29.8 Å². The average molecular weight is 727 g/mol. The van der Waals surface area contributed by atoms with Gasteiger partial charge in [-0.15, -0.1) is 0 Å². The number of hydrogen-bond donors (Lipinski definition) is 1. The Morgan fingerprint density at radius 1 is 0.878 bits per heavy atom. The van der Waals surface area contributed by atoms with E-state index in [4.69, 9.17) is 45.1 Å². The number of ether oxygens (including phenoxy) is 1. The van der Waals surface area contributed by atoms with Crippen molar-refractivity contribution >= 4 is 58.1 Å². The van der Waals surface area contributed by atoms with Crippen molar-refractivity contribution in [1.82, 2.24) is 14.7 Å². The quantitative estimate of drug-likeness (QED) is 0.201. The van der Waals surface area contributed by atoms with Crippen molar-refractivity contribution in [2.45, 2.75) is 25.2 Å². The van der Waals surface area contributed by atoms with Crippen molar-refractivity contribution in [2.24, 2.45) is 4.99 Å². The maximum absolute atomic E-state index is 14.8. The van der Waals surface area contributed by atoms with Gasteiger partial charge < -0.3 is 19.9 Å². The second-order valence-corrected chi connectivity index (χ2v) is 12.8. The molecule has 1 saturated heterocycles. The summed E-state index contributed by atoms with van der Waals surface area (Å²) in [7, 11) is 0. The highest BCUT2D eigenvalue weighted by atomic mass is 35.5. The summed E-state index contributed by atoms with van der Waals surface area (Å²) in [4.78, 5) is 25.1. The van der Waals surface area contributed by atoms with E-state index in [1.165, 1.54) is 6.07 Å². The first-order valence-corrected chi connectivity index (χ1v) is 16.8. The van der Waals surface area contributed by atoms with Gasteiger partial charge in [-0.3, -0.25) is 9.89 Å². The molecule has 13 heteroatoms. The molecule has 4 aromatic rings. The molecular formula is C36H32Cl2F3N5O2S. The highest BCUT2D eigenvalue weighted by molar-refractivity contribution is 7.80. The second-order valence-electron chi connectivity index (χ2n) is 11.5. The van der Waals surface area contributed by atoms with E-state index in [9.17, 15) is 18.0 Å². The third kappa shape index (κ3) is 7.64. The first-order chi connectivity index (χ1) is 23.5. The Bertz CT molecular complexity index is 1830. The number of urea groups is 1. The second kappa shape index (κ2) is 14.7. The molecule has 2 aliphatic rings. The highest BCUT2D eigenvalue weighted by Gasteiger charge is 2.45. The molecule has 0 saturated carbocycles. The molecule has 1 fully saturated rings. The normalized spacial score (nSPS) is 17.9. The fourth-order valence-corrected chi connectivity index (χ4v) is 6.54. The van der Waals surface area contributed by atoms with Gasteiger partial charge in [-0.05, 0) is 84.9 Å². The lowest BCUT2D eigenvalue weighted by Gasteiger charge is -2.39. The van der Waals surface area contributed by atoms with Crippen LogP contribution < -0.4 is 10.1 Å². The largest absolute Gasteiger partial charge is 0.493 e. The number of rotatable bonds is 6. The molecule has 2 amide bonds. The molecule has 0 radical (unpaired) electrons. The predicted octanol–water partition coefficient (Wildman–Crippen LogP) is 9.09. The van der Waals surface area contributed by atoms with Crippen molar-refractivity contribution in [3.05, 3.63) is 129 Å². The van der Waals surface area contributed by atoms with E-state index in [1.54, 1.807) is 41.0 Å². The van der Waals surface area contributed by atoms with Gasteiger partial charge in [-0.25, -0.2) is 4.79 Å². The van der Waals surface area contributed by atoms with E-state index in [2.05, 4.69) is 5.32 Å². The Morgan fingerprint density at radius 3 is 2.06 bits per heavy atom. The van der Waals surface area contributed by atoms with Gasteiger partial charge in [0.1, 0.15) is 17.6 Å². The Balaban J connectivity index is 1.39. The minimum atomic E-state index is -4.59. The number of aliphatic imine (C=N–C) groups is 1. The number of alkyl halides is 3. The molecule has 7 nitrogen and oxygen atoms in total. The van der Waals surface area contributed by atoms with Crippen LogP contribution in [0.3, 0.4) is 0 Å². The molecule has 254 valence electrons. The van der Waals surface area contributed by atoms with Crippen LogP contribution in [0.5, 0.6) is 5.75 Å². The molecule has 2 heterocycles. The number of carbonyl (C=O) groups is 1. The van der Waals surface area contributed by atoms with Gasteiger partial charge in [0.25, 0.3) is 0 Å². The van der Waals surface area contributed by atoms with E-state index < -0.39 is 23.8 Å². The number of hydrogen-bond acceptors (Lipinski definition) is 4. The summed E-state index contributed by atoms with van der Waals surface area (Å²) < 4.78 is 47.2. The van der Waals surface area contributed by atoms with Crippen LogP contribution in [-0.2, 0) is 6.18 Å². The van der Waals surface area contributed by atoms with Gasteiger partial charge in [-0.1, -0.05) is 65.7 Å².